The first-order valence-corrected chi connectivity index (χ1v) is 28.0. The van der Waals surface area contributed by atoms with E-state index in [0.29, 0.717) is 54.8 Å². The largest absolute Gasteiger partial charge is 0.477 e. The number of alkyl halides is 1. The first-order chi connectivity index (χ1) is 34.8. The summed E-state index contributed by atoms with van der Waals surface area (Å²) in [6, 6.07) is 8.63. The summed E-state index contributed by atoms with van der Waals surface area (Å²) in [5, 5.41) is 34.5. The molecule has 3 aliphatic carbocycles. The van der Waals surface area contributed by atoms with Gasteiger partial charge in [-0.05, 0) is 143 Å². The summed E-state index contributed by atoms with van der Waals surface area (Å²) in [5.41, 5.74) is -1.17. The number of carboxylic acids is 1. The fraction of sp³-hybridized carbons (Fsp3) is 0.607. The van der Waals surface area contributed by atoms with Gasteiger partial charge in [0.15, 0.2) is 11.9 Å². The van der Waals surface area contributed by atoms with E-state index in [1.807, 2.05) is 20.8 Å². The number of hydrogen-bond acceptors (Lipinski definition) is 13. The number of para-hydroxylation sites is 1. The number of halogens is 1. The van der Waals surface area contributed by atoms with E-state index in [-0.39, 0.29) is 53.9 Å². The second-order valence-electron chi connectivity index (χ2n) is 21.6. The molecule has 2 amide bonds. The lowest BCUT2D eigenvalue weighted by Crippen LogP contribution is -2.51. The average molecular weight is 1080 g/mol. The SMILES string of the molecule is C.C=C1C=CN([C@@H]2O[C@H](CO[P@@](=O)(N[C@@H](C)C(=O)OC(C)C)Oc3ccccc3)[C@@H](O)[C@@]2(C)F)C(=O)C1.CC1=CC[C@H](C(=O)N(c2cc(C#CC(C)(C)C)sc2C(=O)O)C2CCC(O)(COC3CCCC3)CC2)CC1. The number of esters is 1. The zero-order valence-electron chi connectivity index (χ0n) is 44.0. The van der Waals surface area contributed by atoms with Crippen LogP contribution in [-0.4, -0.2) is 111 Å². The van der Waals surface area contributed by atoms with Crippen LogP contribution in [0.1, 0.15) is 154 Å². The van der Waals surface area contributed by atoms with Gasteiger partial charge in [-0.15, -0.1) is 11.3 Å². The highest BCUT2D eigenvalue weighted by atomic mass is 32.1. The first kappa shape index (κ1) is 61.2. The molecular weight excluding hydrogens is 1000 g/mol. The standard InChI is InChI=1S/C31H43NO5S.C24H32FN2O8P.CH4/c1-21-9-11-22(12-10-21)28(33)32(26-19-25(15-16-30(2,3)4)38-27(26)29(34)35)23-13-17-31(36,18-14-23)20-37-24-7-5-6-8-24;1-15(2)33-22(30)17(4)26-36(31,35-18-9-7-6-8-10-18)32-14-19-21(29)24(5,25)23(34-19)27-12-11-16(3)13-20(27)28;/h9,19,22-24,36H,5-8,10-14,17-18,20H2,1-4H3,(H,34,35);6-12,15,17,19,21,23,29H,3,13-14H2,1-2,4-5H3,(H,26,31);1H4/t22-,23?,31?;17-,19+,21+,23+,24+,36-;/m00./s1. The van der Waals surface area contributed by atoms with Gasteiger partial charge in [0, 0.05) is 23.6 Å². The number of benzene rings is 1. The number of nitrogens with zero attached hydrogens (tertiary/aromatic N) is 2. The number of rotatable bonds is 17. The zero-order chi connectivity index (χ0) is 54.2. The number of aliphatic hydroxyl groups is 2. The van der Waals surface area contributed by atoms with Crippen LogP contribution in [0.25, 0.3) is 0 Å². The molecule has 1 aromatic carbocycles. The molecule has 1 aromatic heterocycles. The molecule has 2 aromatic rings. The summed E-state index contributed by atoms with van der Waals surface area (Å²) in [5.74, 6) is 4.17. The lowest BCUT2D eigenvalue weighted by Gasteiger charge is -2.42. The average Bonchev–Trinajstić information content (AvgIpc) is 4.07. The zero-order valence-corrected chi connectivity index (χ0v) is 45.7. The maximum atomic E-state index is 15.5. The highest BCUT2D eigenvalue weighted by molar-refractivity contribution is 7.52. The van der Waals surface area contributed by atoms with E-state index in [4.69, 9.17) is 23.3 Å². The van der Waals surface area contributed by atoms with E-state index >= 15 is 4.39 Å². The van der Waals surface area contributed by atoms with Gasteiger partial charge in [0.05, 0.1) is 48.0 Å². The molecule has 3 fully saturated rings. The van der Waals surface area contributed by atoms with Gasteiger partial charge >= 0.3 is 19.7 Å². The van der Waals surface area contributed by atoms with Crippen molar-refractivity contribution in [1.29, 1.82) is 0 Å². The van der Waals surface area contributed by atoms with Gasteiger partial charge < -0.3 is 39.0 Å². The van der Waals surface area contributed by atoms with Crippen molar-refractivity contribution in [2.24, 2.45) is 11.3 Å². The van der Waals surface area contributed by atoms with Crippen molar-refractivity contribution in [3.63, 3.8) is 0 Å². The summed E-state index contributed by atoms with van der Waals surface area (Å²) in [6.07, 6.45) is 9.50. The van der Waals surface area contributed by atoms with Crippen molar-refractivity contribution >= 4 is 48.5 Å². The summed E-state index contributed by atoms with van der Waals surface area (Å²) in [4.78, 5) is 54.7. The molecule has 19 heteroatoms. The van der Waals surface area contributed by atoms with Crippen LogP contribution in [0.5, 0.6) is 5.75 Å². The predicted octanol–water partition coefficient (Wildman–Crippen LogP) is 10.4. The Morgan fingerprint density at radius 3 is 2.35 bits per heavy atom. The Labute approximate surface area is 446 Å². The fourth-order valence-electron chi connectivity index (χ4n) is 9.46. The molecular formula is C56H79FN3O13PS. The number of amides is 2. The minimum Gasteiger partial charge on any atom is -0.477 e. The number of carbonyl (C=O) groups is 4. The van der Waals surface area contributed by atoms with Crippen molar-refractivity contribution in [3.05, 3.63) is 82.2 Å². The second-order valence-corrected chi connectivity index (χ2v) is 24.4. The number of aromatic carboxylic acids is 1. The Hall–Kier alpha value is -4.70. The topological polar surface area (TPSA) is 211 Å². The van der Waals surface area contributed by atoms with Crippen LogP contribution >= 0.6 is 19.1 Å². The van der Waals surface area contributed by atoms with Crippen LogP contribution in [0.15, 0.2) is 72.5 Å². The first-order valence-electron chi connectivity index (χ1n) is 25.7. The lowest BCUT2D eigenvalue weighted by atomic mass is 9.81. The van der Waals surface area contributed by atoms with Gasteiger partial charge in [-0.25, -0.2) is 13.8 Å². The van der Waals surface area contributed by atoms with E-state index in [1.165, 1.54) is 43.7 Å². The molecule has 5 aliphatic rings. The van der Waals surface area contributed by atoms with Gasteiger partial charge in [-0.1, -0.05) is 68.5 Å². The van der Waals surface area contributed by atoms with Crippen molar-refractivity contribution in [2.45, 2.75) is 194 Å². The highest BCUT2D eigenvalue weighted by Gasteiger charge is 2.57. The highest BCUT2D eigenvalue weighted by Crippen LogP contribution is 2.47. The Kier molecular flexibility index (Phi) is 21.3. The number of thiophene rings is 1. The third kappa shape index (κ3) is 16.7. The molecule has 4 N–H and O–H groups in total. The fourth-order valence-corrected chi connectivity index (χ4v) is 11.8. The monoisotopic (exact) mass is 1080 g/mol. The van der Waals surface area contributed by atoms with Crippen molar-refractivity contribution in [1.82, 2.24) is 9.99 Å². The molecule has 0 unspecified atom stereocenters. The number of aliphatic hydroxyl groups excluding tert-OH is 1. The number of allylic oxidation sites excluding steroid dienone is 3. The van der Waals surface area contributed by atoms with Gasteiger partial charge in [0.2, 0.25) is 11.8 Å². The molecule has 1 saturated heterocycles. The van der Waals surface area contributed by atoms with E-state index in [0.717, 1.165) is 48.8 Å². The number of hydrogen-bond donors (Lipinski definition) is 4. The molecule has 0 radical (unpaired) electrons. The molecule has 0 spiro atoms. The minimum atomic E-state index is -4.26. The maximum Gasteiger partial charge on any atom is 0.459 e. The van der Waals surface area contributed by atoms with Crippen LogP contribution in [0.2, 0.25) is 0 Å². The van der Waals surface area contributed by atoms with E-state index in [1.54, 1.807) is 49.1 Å². The third-order valence-corrected chi connectivity index (χ3v) is 16.3. The van der Waals surface area contributed by atoms with Gasteiger partial charge in [-0.2, -0.15) is 5.09 Å². The third-order valence-electron chi connectivity index (χ3n) is 13.6. The number of anilines is 1. The molecule has 7 rings (SSSR count). The molecule has 7 atom stereocenters. The van der Waals surface area contributed by atoms with Crippen LogP contribution in [0.4, 0.5) is 10.1 Å². The van der Waals surface area contributed by atoms with Crippen LogP contribution in [-0.2, 0) is 37.7 Å². The normalized spacial score (nSPS) is 27.2. The number of carboxylic acid groups (broad SMARTS) is 1. The summed E-state index contributed by atoms with van der Waals surface area (Å²) in [6.45, 7) is 17.5. The van der Waals surface area contributed by atoms with Crippen LogP contribution < -0.4 is 14.5 Å². The minimum absolute atomic E-state index is 0. The van der Waals surface area contributed by atoms with Gasteiger partial charge in [-0.3, -0.25) is 23.8 Å². The van der Waals surface area contributed by atoms with Crippen molar-refractivity contribution in [2.75, 3.05) is 18.1 Å². The smallest absolute Gasteiger partial charge is 0.459 e. The molecule has 16 nitrogen and oxygen atoms in total. The number of carbonyl (C=O) groups excluding carboxylic acids is 3. The van der Waals surface area contributed by atoms with E-state index in [2.05, 4.69) is 36.5 Å². The van der Waals surface area contributed by atoms with E-state index in [9.17, 15) is 39.1 Å². The Morgan fingerprint density at radius 2 is 1.76 bits per heavy atom. The maximum absolute atomic E-state index is 15.5. The molecule has 414 valence electrons. The van der Waals surface area contributed by atoms with E-state index < -0.39 is 74.1 Å². The molecule has 75 heavy (non-hydrogen) atoms. The van der Waals surface area contributed by atoms with Crippen LogP contribution in [0, 0.1) is 23.2 Å². The molecule has 2 aliphatic heterocycles. The summed E-state index contributed by atoms with van der Waals surface area (Å²) in [7, 11) is -4.26. The lowest BCUT2D eigenvalue weighted by molar-refractivity contribution is -0.149. The predicted molar refractivity (Wildman–Crippen MR) is 287 cm³/mol. The Morgan fingerprint density at radius 1 is 1.09 bits per heavy atom. The van der Waals surface area contributed by atoms with Crippen LogP contribution in [0.3, 0.4) is 0 Å². The second kappa shape index (κ2) is 26.1. The summed E-state index contributed by atoms with van der Waals surface area (Å²) >= 11 is 1.14. The Balaban J connectivity index is 0.000000274. The summed E-state index contributed by atoms with van der Waals surface area (Å²) < 4.78 is 57.0. The molecule has 0 bridgehead atoms. The number of ether oxygens (including phenoxy) is 3. The van der Waals surface area contributed by atoms with Crippen molar-refractivity contribution < 1.29 is 66.7 Å². The molecule has 3 heterocycles. The van der Waals surface area contributed by atoms with Crippen molar-refractivity contribution in [3.8, 4) is 17.6 Å². The number of nitrogens with one attached hydrogen (secondary N) is 1. The quantitative estimate of drug-likeness (QED) is 0.0503. The van der Waals surface area contributed by atoms with Gasteiger partial charge in [0.1, 0.15) is 28.9 Å². The van der Waals surface area contributed by atoms with Gasteiger partial charge in [0.25, 0.3) is 0 Å². The Bertz CT molecular complexity index is 2500. The molecule has 2 saturated carbocycles.